The second kappa shape index (κ2) is 6.84. The molecule has 3 aromatic rings. The lowest BCUT2D eigenvalue weighted by atomic mass is 10.1. The first-order chi connectivity index (χ1) is 11.6. The lowest BCUT2D eigenvalue weighted by molar-refractivity contribution is -0.384. The number of nitro benzene ring substituents is 1. The van der Waals surface area contributed by atoms with Crippen molar-refractivity contribution in [1.82, 2.24) is 4.57 Å². The number of nitrogens with zero attached hydrogens (tertiary/aromatic N) is 2. The van der Waals surface area contributed by atoms with E-state index in [4.69, 9.17) is 0 Å². The number of hydrogen-bond acceptors (Lipinski definition) is 3. The molecule has 0 fully saturated rings. The molecule has 5 heteroatoms. The number of aryl methyl sites for hydroxylation is 1. The summed E-state index contributed by atoms with van der Waals surface area (Å²) in [5, 5.41) is 21.8. The molecule has 1 aromatic heterocycles. The Bertz CT molecular complexity index is 856. The zero-order chi connectivity index (χ0) is 17.1. The Hall–Kier alpha value is -2.66. The highest BCUT2D eigenvalue weighted by molar-refractivity contribution is 5.88. The van der Waals surface area contributed by atoms with Crippen molar-refractivity contribution in [2.24, 2.45) is 0 Å². The number of nitro groups is 1. The minimum absolute atomic E-state index is 0.0906. The van der Waals surface area contributed by atoms with E-state index in [1.807, 2.05) is 43.3 Å². The maximum absolute atomic E-state index is 11.0. The van der Waals surface area contributed by atoms with Crippen LogP contribution in [0.15, 0.2) is 54.6 Å². The van der Waals surface area contributed by atoms with Crippen LogP contribution in [0.1, 0.15) is 19.8 Å². The molecule has 0 saturated carbocycles. The van der Waals surface area contributed by atoms with E-state index >= 15 is 0 Å². The van der Waals surface area contributed by atoms with Crippen LogP contribution in [0.25, 0.3) is 22.2 Å². The van der Waals surface area contributed by atoms with Crippen molar-refractivity contribution in [3.05, 3.63) is 64.7 Å². The molecule has 1 atom stereocenters. The molecule has 124 valence electrons. The molecule has 0 aliphatic carbocycles. The van der Waals surface area contributed by atoms with E-state index < -0.39 is 0 Å². The third-order valence-electron chi connectivity index (χ3n) is 4.32. The van der Waals surface area contributed by atoms with Gasteiger partial charge in [0.1, 0.15) is 0 Å². The van der Waals surface area contributed by atoms with Gasteiger partial charge in [-0.3, -0.25) is 10.1 Å². The summed E-state index contributed by atoms with van der Waals surface area (Å²) in [5.74, 6) is 0. The second-order valence-corrected chi connectivity index (χ2v) is 5.90. The normalized spacial score (nSPS) is 12.4. The zero-order valence-electron chi connectivity index (χ0n) is 13.6. The summed E-state index contributed by atoms with van der Waals surface area (Å²) >= 11 is 0. The van der Waals surface area contributed by atoms with E-state index in [-0.39, 0.29) is 16.7 Å². The number of hydrogen-bond donors (Lipinski definition) is 1. The Balaban J connectivity index is 2.11. The maximum Gasteiger partial charge on any atom is 0.270 e. The van der Waals surface area contributed by atoms with Crippen LogP contribution in [0.4, 0.5) is 5.69 Å². The fraction of sp³-hybridized carbons (Fsp3) is 0.263. The average Bonchev–Trinajstić information content (AvgIpc) is 2.98. The summed E-state index contributed by atoms with van der Waals surface area (Å²) in [6.45, 7) is 2.63. The first-order valence-electron chi connectivity index (χ1n) is 8.11. The minimum Gasteiger partial charge on any atom is -0.393 e. The van der Waals surface area contributed by atoms with Crippen LogP contribution in [-0.2, 0) is 6.54 Å². The maximum atomic E-state index is 11.0. The number of benzene rings is 2. The zero-order valence-corrected chi connectivity index (χ0v) is 13.6. The van der Waals surface area contributed by atoms with Gasteiger partial charge in [-0.1, -0.05) is 37.3 Å². The van der Waals surface area contributed by atoms with Crippen LogP contribution < -0.4 is 0 Å². The summed E-state index contributed by atoms with van der Waals surface area (Å²) in [7, 11) is 0. The summed E-state index contributed by atoms with van der Waals surface area (Å²) in [4.78, 5) is 10.7. The van der Waals surface area contributed by atoms with Gasteiger partial charge in [-0.15, -0.1) is 0 Å². The van der Waals surface area contributed by atoms with Gasteiger partial charge in [0.2, 0.25) is 0 Å². The number of non-ortho nitro benzene ring substituents is 1. The highest BCUT2D eigenvalue weighted by Gasteiger charge is 2.15. The SMILES string of the molecule is CCC(O)CCn1c(-c2ccccc2)cc2cc([N+](=O)[O-])ccc21. The Morgan fingerprint density at radius 2 is 1.92 bits per heavy atom. The summed E-state index contributed by atoms with van der Waals surface area (Å²) < 4.78 is 2.13. The summed E-state index contributed by atoms with van der Waals surface area (Å²) in [6, 6.07) is 16.9. The van der Waals surface area contributed by atoms with Crippen molar-refractivity contribution in [2.75, 3.05) is 0 Å². The molecule has 0 bridgehead atoms. The molecule has 0 radical (unpaired) electrons. The third-order valence-corrected chi connectivity index (χ3v) is 4.32. The highest BCUT2D eigenvalue weighted by atomic mass is 16.6. The van der Waals surface area contributed by atoms with Crippen molar-refractivity contribution in [2.45, 2.75) is 32.4 Å². The Morgan fingerprint density at radius 3 is 2.58 bits per heavy atom. The van der Waals surface area contributed by atoms with E-state index in [0.29, 0.717) is 19.4 Å². The minimum atomic E-state index is -0.375. The fourth-order valence-corrected chi connectivity index (χ4v) is 2.94. The molecule has 24 heavy (non-hydrogen) atoms. The van der Waals surface area contributed by atoms with Crippen molar-refractivity contribution >= 4 is 16.6 Å². The lowest BCUT2D eigenvalue weighted by Crippen LogP contribution is -2.10. The Kier molecular flexibility index (Phi) is 4.62. The quantitative estimate of drug-likeness (QED) is 0.540. The number of aliphatic hydroxyl groups excluding tert-OH is 1. The Labute approximate surface area is 140 Å². The third kappa shape index (κ3) is 3.16. The van der Waals surface area contributed by atoms with Gasteiger partial charge in [0.25, 0.3) is 5.69 Å². The van der Waals surface area contributed by atoms with Crippen molar-refractivity contribution < 1.29 is 10.0 Å². The van der Waals surface area contributed by atoms with E-state index in [1.54, 1.807) is 12.1 Å². The number of rotatable bonds is 6. The molecular weight excluding hydrogens is 304 g/mol. The first kappa shape index (κ1) is 16.2. The van der Waals surface area contributed by atoms with Crippen LogP contribution >= 0.6 is 0 Å². The number of aliphatic hydroxyl groups is 1. The molecule has 0 aliphatic rings. The molecule has 2 aromatic carbocycles. The number of aromatic nitrogens is 1. The molecule has 1 unspecified atom stereocenters. The molecule has 0 amide bonds. The monoisotopic (exact) mass is 324 g/mol. The molecular formula is C19H20N2O3. The van der Waals surface area contributed by atoms with Crippen LogP contribution in [-0.4, -0.2) is 20.7 Å². The molecule has 5 nitrogen and oxygen atoms in total. The van der Waals surface area contributed by atoms with E-state index in [0.717, 1.165) is 22.2 Å². The van der Waals surface area contributed by atoms with E-state index in [1.165, 1.54) is 6.07 Å². The standard InChI is InChI=1S/C19H20N2O3/c1-2-17(22)10-11-20-18-9-8-16(21(23)24)12-15(18)13-19(20)14-6-4-3-5-7-14/h3-9,12-13,17,22H,2,10-11H2,1H3. The van der Waals surface area contributed by atoms with E-state index in [9.17, 15) is 15.2 Å². The summed E-state index contributed by atoms with van der Waals surface area (Å²) in [5.41, 5.74) is 3.10. The van der Waals surface area contributed by atoms with Crippen LogP contribution in [0.5, 0.6) is 0 Å². The van der Waals surface area contributed by atoms with E-state index in [2.05, 4.69) is 4.57 Å². The van der Waals surface area contributed by atoms with Gasteiger partial charge in [0.05, 0.1) is 11.0 Å². The molecule has 3 rings (SSSR count). The largest absolute Gasteiger partial charge is 0.393 e. The van der Waals surface area contributed by atoms with Gasteiger partial charge in [-0.05, 0) is 30.5 Å². The van der Waals surface area contributed by atoms with Gasteiger partial charge < -0.3 is 9.67 Å². The molecule has 1 heterocycles. The van der Waals surface area contributed by atoms with Gasteiger partial charge in [-0.2, -0.15) is 0 Å². The Morgan fingerprint density at radius 1 is 1.17 bits per heavy atom. The topological polar surface area (TPSA) is 68.3 Å². The number of fused-ring (bicyclic) bond motifs is 1. The van der Waals surface area contributed by atoms with Gasteiger partial charge in [-0.25, -0.2) is 0 Å². The van der Waals surface area contributed by atoms with Crippen molar-refractivity contribution in [3.63, 3.8) is 0 Å². The molecule has 0 aliphatic heterocycles. The van der Waals surface area contributed by atoms with Gasteiger partial charge in [0, 0.05) is 35.3 Å². The lowest BCUT2D eigenvalue weighted by Gasteiger charge is -2.13. The van der Waals surface area contributed by atoms with Crippen LogP contribution in [0.3, 0.4) is 0 Å². The van der Waals surface area contributed by atoms with Crippen LogP contribution in [0.2, 0.25) is 0 Å². The molecule has 0 saturated heterocycles. The predicted molar refractivity (Wildman–Crippen MR) is 94.9 cm³/mol. The summed E-state index contributed by atoms with van der Waals surface area (Å²) in [6.07, 6.45) is 1.02. The highest BCUT2D eigenvalue weighted by Crippen LogP contribution is 2.31. The van der Waals surface area contributed by atoms with Crippen molar-refractivity contribution in [1.29, 1.82) is 0 Å². The smallest absolute Gasteiger partial charge is 0.270 e. The van der Waals surface area contributed by atoms with Crippen LogP contribution in [0, 0.1) is 10.1 Å². The molecule has 0 spiro atoms. The van der Waals surface area contributed by atoms with Crippen molar-refractivity contribution in [3.8, 4) is 11.3 Å². The second-order valence-electron chi connectivity index (χ2n) is 5.90. The fourth-order valence-electron chi connectivity index (χ4n) is 2.94. The van der Waals surface area contributed by atoms with Gasteiger partial charge >= 0.3 is 0 Å². The average molecular weight is 324 g/mol. The molecule has 1 N–H and O–H groups in total. The predicted octanol–water partition coefficient (Wildman–Crippen LogP) is 4.38. The first-order valence-corrected chi connectivity index (χ1v) is 8.11. The van der Waals surface area contributed by atoms with Gasteiger partial charge in [0.15, 0.2) is 0 Å².